The van der Waals surface area contributed by atoms with Gasteiger partial charge in [-0.1, -0.05) is 11.3 Å². The Kier molecular flexibility index (Phi) is 4.11. The molecule has 0 amide bonds. The topological polar surface area (TPSA) is 62.2 Å². The third-order valence-electron chi connectivity index (χ3n) is 1.63. The lowest BCUT2D eigenvalue weighted by molar-refractivity contribution is -0.134. The lowest BCUT2D eigenvalue weighted by Crippen LogP contribution is -2.10. The van der Waals surface area contributed by atoms with Crippen LogP contribution in [0.5, 0.6) is 0 Å². The molecule has 0 spiro atoms. The van der Waals surface area contributed by atoms with Crippen molar-refractivity contribution in [1.29, 1.82) is 0 Å². The molecule has 0 atom stereocenters. The number of nitrogens with one attached hydrogen (secondary N) is 1. The van der Waals surface area contributed by atoms with Crippen LogP contribution in [0.25, 0.3) is 0 Å². The summed E-state index contributed by atoms with van der Waals surface area (Å²) in [6, 6.07) is 0. The van der Waals surface area contributed by atoms with Crippen molar-refractivity contribution in [2.24, 2.45) is 0 Å². The molecule has 0 aromatic carbocycles. The summed E-state index contributed by atoms with van der Waals surface area (Å²) in [4.78, 5) is 14.2. The van der Waals surface area contributed by atoms with Crippen molar-refractivity contribution >= 4 is 22.4 Å². The molecule has 1 aromatic heterocycles. The van der Waals surface area contributed by atoms with E-state index in [-0.39, 0.29) is 17.8 Å². The molecule has 0 aliphatic carbocycles. The molecule has 0 saturated heterocycles. The predicted octanol–water partition coefficient (Wildman–Crippen LogP) is 2.60. The SMILES string of the molecule is O=C(O)c1cnc(NCCCC(F)(F)F)s1. The van der Waals surface area contributed by atoms with Gasteiger partial charge < -0.3 is 10.4 Å². The minimum absolute atomic E-state index is 0.0540. The molecule has 8 heteroatoms. The smallest absolute Gasteiger partial charge is 0.389 e. The predicted molar refractivity (Wildman–Crippen MR) is 52.9 cm³/mol. The van der Waals surface area contributed by atoms with Gasteiger partial charge in [-0.2, -0.15) is 13.2 Å². The van der Waals surface area contributed by atoms with Gasteiger partial charge in [0.1, 0.15) is 4.88 Å². The lowest BCUT2D eigenvalue weighted by atomic mass is 10.3. The highest BCUT2D eigenvalue weighted by molar-refractivity contribution is 7.17. The molecule has 0 aliphatic rings. The van der Waals surface area contributed by atoms with Crippen LogP contribution in [-0.4, -0.2) is 28.8 Å². The number of halogens is 3. The molecule has 16 heavy (non-hydrogen) atoms. The Labute approximate surface area is 93.1 Å². The third kappa shape index (κ3) is 4.47. The second kappa shape index (κ2) is 5.15. The van der Waals surface area contributed by atoms with Gasteiger partial charge in [0.05, 0.1) is 6.20 Å². The number of anilines is 1. The molecule has 1 heterocycles. The van der Waals surface area contributed by atoms with Crippen molar-refractivity contribution in [2.45, 2.75) is 19.0 Å². The highest BCUT2D eigenvalue weighted by atomic mass is 32.1. The number of rotatable bonds is 5. The molecule has 0 radical (unpaired) electrons. The summed E-state index contributed by atoms with van der Waals surface area (Å²) in [5.41, 5.74) is 0. The molecular weight excluding hydrogens is 245 g/mol. The van der Waals surface area contributed by atoms with Crippen LogP contribution in [-0.2, 0) is 0 Å². The molecule has 0 bridgehead atoms. The van der Waals surface area contributed by atoms with Gasteiger partial charge >= 0.3 is 12.1 Å². The van der Waals surface area contributed by atoms with Crippen LogP contribution in [0.1, 0.15) is 22.5 Å². The number of aromatic nitrogens is 1. The second-order valence-corrected chi connectivity index (χ2v) is 4.01. The average molecular weight is 254 g/mol. The van der Waals surface area contributed by atoms with E-state index in [1.807, 2.05) is 0 Å². The molecule has 1 aromatic rings. The molecule has 90 valence electrons. The first kappa shape index (κ1) is 12.8. The zero-order chi connectivity index (χ0) is 12.2. The zero-order valence-electron chi connectivity index (χ0n) is 8.04. The normalized spacial score (nSPS) is 11.4. The summed E-state index contributed by atoms with van der Waals surface area (Å²) in [6.07, 6.45) is -3.92. The Morgan fingerprint density at radius 3 is 2.75 bits per heavy atom. The van der Waals surface area contributed by atoms with E-state index in [4.69, 9.17) is 5.11 Å². The Balaban J connectivity index is 2.30. The average Bonchev–Trinajstić information content (AvgIpc) is 2.59. The van der Waals surface area contributed by atoms with E-state index in [2.05, 4.69) is 10.3 Å². The Morgan fingerprint density at radius 1 is 1.56 bits per heavy atom. The van der Waals surface area contributed by atoms with Crippen molar-refractivity contribution in [1.82, 2.24) is 4.98 Å². The van der Waals surface area contributed by atoms with Gasteiger partial charge in [-0.15, -0.1) is 0 Å². The third-order valence-corrected chi connectivity index (χ3v) is 2.57. The maximum atomic E-state index is 11.8. The summed E-state index contributed by atoms with van der Waals surface area (Å²) in [5, 5.41) is 11.5. The number of nitrogens with zero attached hydrogens (tertiary/aromatic N) is 1. The largest absolute Gasteiger partial charge is 0.477 e. The number of carboxylic acid groups (broad SMARTS) is 1. The number of hydrogen-bond acceptors (Lipinski definition) is 4. The van der Waals surface area contributed by atoms with Gasteiger partial charge in [-0.05, 0) is 6.42 Å². The molecule has 0 unspecified atom stereocenters. The van der Waals surface area contributed by atoms with Gasteiger partial charge in [-0.3, -0.25) is 0 Å². The van der Waals surface area contributed by atoms with E-state index >= 15 is 0 Å². The van der Waals surface area contributed by atoms with Crippen LogP contribution in [0.4, 0.5) is 18.3 Å². The van der Waals surface area contributed by atoms with E-state index in [0.29, 0.717) is 5.13 Å². The summed E-state index contributed by atoms with van der Waals surface area (Å²) in [7, 11) is 0. The summed E-state index contributed by atoms with van der Waals surface area (Å²) >= 11 is 0.896. The maximum absolute atomic E-state index is 11.8. The van der Waals surface area contributed by atoms with Gasteiger partial charge in [-0.25, -0.2) is 9.78 Å². The highest BCUT2D eigenvalue weighted by Gasteiger charge is 2.25. The van der Waals surface area contributed by atoms with Gasteiger partial charge in [0.15, 0.2) is 5.13 Å². The van der Waals surface area contributed by atoms with E-state index in [1.54, 1.807) is 0 Å². The number of thiazole rings is 1. The number of alkyl halides is 3. The first-order valence-electron chi connectivity index (χ1n) is 4.38. The Bertz CT molecular complexity index is 364. The van der Waals surface area contributed by atoms with Crippen LogP contribution in [0.3, 0.4) is 0 Å². The monoisotopic (exact) mass is 254 g/mol. The van der Waals surface area contributed by atoms with Gasteiger partial charge in [0.2, 0.25) is 0 Å². The fraction of sp³-hybridized carbons (Fsp3) is 0.500. The molecular formula is C8H9F3N2O2S. The Morgan fingerprint density at radius 2 is 2.25 bits per heavy atom. The van der Waals surface area contributed by atoms with Crippen LogP contribution >= 0.6 is 11.3 Å². The molecule has 1 rings (SSSR count). The standard InChI is InChI=1S/C8H9F3N2O2S/c9-8(10,11)2-1-3-12-7-13-4-5(16-7)6(14)15/h4H,1-3H2,(H,12,13)(H,14,15). The van der Waals surface area contributed by atoms with E-state index in [9.17, 15) is 18.0 Å². The number of hydrogen-bond donors (Lipinski definition) is 2. The fourth-order valence-electron chi connectivity index (χ4n) is 0.939. The van der Waals surface area contributed by atoms with Crippen molar-refractivity contribution in [3.05, 3.63) is 11.1 Å². The van der Waals surface area contributed by atoms with E-state index in [1.165, 1.54) is 6.20 Å². The van der Waals surface area contributed by atoms with E-state index in [0.717, 1.165) is 11.3 Å². The first-order chi connectivity index (χ1) is 7.38. The van der Waals surface area contributed by atoms with Crippen LogP contribution in [0, 0.1) is 0 Å². The molecule has 4 nitrogen and oxygen atoms in total. The quantitative estimate of drug-likeness (QED) is 0.793. The molecule has 0 aliphatic heterocycles. The number of carboxylic acids is 1. The summed E-state index contributed by atoms with van der Waals surface area (Å²) in [6.45, 7) is 0.117. The van der Waals surface area contributed by atoms with Crippen LogP contribution in [0.2, 0.25) is 0 Å². The van der Waals surface area contributed by atoms with Gasteiger partial charge in [0.25, 0.3) is 0 Å². The van der Waals surface area contributed by atoms with Crippen molar-refractivity contribution < 1.29 is 23.1 Å². The van der Waals surface area contributed by atoms with Crippen LogP contribution < -0.4 is 5.32 Å². The number of carbonyl (C=O) groups is 1. The van der Waals surface area contributed by atoms with Crippen molar-refractivity contribution in [3.8, 4) is 0 Å². The summed E-state index contributed by atoms with van der Waals surface area (Å²) < 4.78 is 35.3. The van der Waals surface area contributed by atoms with Crippen molar-refractivity contribution in [3.63, 3.8) is 0 Å². The number of aromatic carboxylic acids is 1. The minimum atomic E-state index is -4.16. The molecule has 0 saturated carbocycles. The van der Waals surface area contributed by atoms with Crippen molar-refractivity contribution in [2.75, 3.05) is 11.9 Å². The fourth-order valence-corrected chi connectivity index (χ4v) is 1.62. The Hall–Kier alpha value is -1.31. The summed E-state index contributed by atoms with van der Waals surface area (Å²) in [5.74, 6) is -1.10. The van der Waals surface area contributed by atoms with Crippen LogP contribution in [0.15, 0.2) is 6.20 Å². The van der Waals surface area contributed by atoms with Gasteiger partial charge in [0, 0.05) is 13.0 Å². The minimum Gasteiger partial charge on any atom is -0.477 e. The second-order valence-electron chi connectivity index (χ2n) is 2.98. The maximum Gasteiger partial charge on any atom is 0.389 e. The zero-order valence-corrected chi connectivity index (χ0v) is 8.86. The lowest BCUT2D eigenvalue weighted by Gasteiger charge is -2.05. The van der Waals surface area contributed by atoms with E-state index < -0.39 is 18.6 Å². The first-order valence-corrected chi connectivity index (χ1v) is 5.20. The molecule has 2 N–H and O–H groups in total. The highest BCUT2D eigenvalue weighted by Crippen LogP contribution is 2.22. The molecule has 0 fully saturated rings.